The van der Waals surface area contributed by atoms with Crippen LogP contribution in [-0.4, -0.2) is 29.4 Å². The van der Waals surface area contributed by atoms with Crippen LogP contribution < -0.4 is 20.7 Å². The fourth-order valence-corrected chi connectivity index (χ4v) is 4.07. The average molecular weight is 423 g/mol. The number of nitrogens with one attached hydrogen (secondary N) is 1. The van der Waals surface area contributed by atoms with E-state index in [2.05, 4.69) is 10.3 Å². The van der Waals surface area contributed by atoms with E-state index >= 15 is 0 Å². The first kappa shape index (κ1) is 19.9. The summed E-state index contributed by atoms with van der Waals surface area (Å²) < 4.78 is 5.70. The van der Waals surface area contributed by atoms with E-state index in [0.29, 0.717) is 18.8 Å². The van der Waals surface area contributed by atoms with Gasteiger partial charge in [0.15, 0.2) is 6.10 Å². The maximum Gasteiger partial charge on any atom is 0.260 e. The fraction of sp³-hybridized carbons (Fsp3) is 0.227. The van der Waals surface area contributed by atoms with Crippen molar-refractivity contribution in [2.45, 2.75) is 26.0 Å². The number of para-hydroxylation sites is 2. The Morgan fingerprint density at radius 2 is 2.00 bits per heavy atom. The summed E-state index contributed by atoms with van der Waals surface area (Å²) in [5.74, 6) is 0.0204. The van der Waals surface area contributed by atoms with Crippen molar-refractivity contribution in [1.82, 2.24) is 4.98 Å². The van der Waals surface area contributed by atoms with Crippen LogP contribution in [0.4, 0.5) is 11.4 Å². The Hall–Kier alpha value is -3.39. The molecule has 2 aromatic carbocycles. The second-order valence-electron chi connectivity index (χ2n) is 7.18. The number of aromatic nitrogens is 1. The first-order valence-corrected chi connectivity index (χ1v) is 10.5. The molecule has 1 aliphatic rings. The van der Waals surface area contributed by atoms with Crippen LogP contribution in [0.2, 0.25) is 0 Å². The maximum absolute atomic E-state index is 12.3. The zero-order valence-corrected chi connectivity index (χ0v) is 17.3. The Morgan fingerprint density at radius 3 is 2.77 bits per heavy atom. The van der Waals surface area contributed by atoms with E-state index in [0.717, 1.165) is 27.6 Å². The molecule has 2 amide bonds. The lowest BCUT2D eigenvalue weighted by atomic mass is 10.1. The van der Waals surface area contributed by atoms with Crippen molar-refractivity contribution in [3.63, 3.8) is 0 Å². The molecule has 0 unspecified atom stereocenters. The first-order valence-electron chi connectivity index (χ1n) is 9.57. The van der Waals surface area contributed by atoms with Gasteiger partial charge in [0.05, 0.1) is 30.9 Å². The number of nitrogens with zero attached hydrogens (tertiary/aromatic N) is 2. The number of anilines is 2. The monoisotopic (exact) mass is 422 g/mol. The molecule has 0 radical (unpaired) electrons. The van der Waals surface area contributed by atoms with Crippen LogP contribution in [0.3, 0.4) is 0 Å². The summed E-state index contributed by atoms with van der Waals surface area (Å²) >= 11 is 1.45. The van der Waals surface area contributed by atoms with Gasteiger partial charge in [0.1, 0.15) is 10.8 Å². The molecule has 8 heteroatoms. The summed E-state index contributed by atoms with van der Waals surface area (Å²) in [6.45, 7) is 2.86. The molecule has 0 bridgehead atoms. The number of primary amides is 1. The smallest absolute Gasteiger partial charge is 0.260 e. The van der Waals surface area contributed by atoms with Gasteiger partial charge in [0, 0.05) is 11.1 Å². The number of ether oxygens (including phenoxy) is 1. The number of thiazole rings is 1. The topological polar surface area (TPSA) is 97.5 Å². The molecular formula is C22H22N4O3S. The second-order valence-corrected chi connectivity index (χ2v) is 8.12. The Bertz CT molecular complexity index is 1060. The number of hydrogen-bond acceptors (Lipinski definition) is 6. The van der Waals surface area contributed by atoms with Crippen molar-refractivity contribution >= 4 is 34.5 Å². The molecule has 154 valence electrons. The van der Waals surface area contributed by atoms with Gasteiger partial charge in [0.25, 0.3) is 5.91 Å². The number of aryl methyl sites for hydroxylation is 1. The summed E-state index contributed by atoms with van der Waals surface area (Å²) in [6.07, 6.45) is -0.499. The van der Waals surface area contributed by atoms with E-state index < -0.39 is 12.0 Å². The van der Waals surface area contributed by atoms with Gasteiger partial charge in [-0.3, -0.25) is 9.59 Å². The van der Waals surface area contributed by atoms with E-state index in [1.165, 1.54) is 11.3 Å². The normalized spacial score (nSPS) is 15.2. The molecular weight excluding hydrogens is 400 g/mol. The van der Waals surface area contributed by atoms with Gasteiger partial charge in [-0.05, 0) is 31.2 Å². The zero-order chi connectivity index (χ0) is 21.1. The van der Waals surface area contributed by atoms with Crippen molar-refractivity contribution in [3.8, 4) is 5.75 Å². The largest absolute Gasteiger partial charge is 0.477 e. The Balaban J connectivity index is 1.42. The quantitative estimate of drug-likeness (QED) is 0.637. The van der Waals surface area contributed by atoms with Crippen molar-refractivity contribution < 1.29 is 14.3 Å². The van der Waals surface area contributed by atoms with Gasteiger partial charge in [0.2, 0.25) is 5.91 Å². The van der Waals surface area contributed by atoms with E-state index in [4.69, 9.17) is 10.5 Å². The van der Waals surface area contributed by atoms with Crippen LogP contribution in [0, 0.1) is 6.92 Å². The molecule has 0 aliphatic carbocycles. The molecule has 1 atom stereocenters. The molecule has 3 aromatic rings. The molecule has 0 spiro atoms. The summed E-state index contributed by atoms with van der Waals surface area (Å²) in [5.41, 5.74) is 9.09. The highest BCUT2D eigenvalue weighted by Crippen LogP contribution is 2.34. The van der Waals surface area contributed by atoms with Crippen LogP contribution in [0.5, 0.6) is 5.75 Å². The van der Waals surface area contributed by atoms with Gasteiger partial charge in [-0.25, -0.2) is 4.98 Å². The Morgan fingerprint density at radius 1 is 1.23 bits per heavy atom. The molecule has 7 nitrogen and oxygen atoms in total. The van der Waals surface area contributed by atoms with E-state index in [1.807, 2.05) is 65.7 Å². The van der Waals surface area contributed by atoms with Crippen LogP contribution >= 0.6 is 11.3 Å². The third kappa shape index (κ3) is 4.60. The van der Waals surface area contributed by atoms with Gasteiger partial charge >= 0.3 is 0 Å². The summed E-state index contributed by atoms with van der Waals surface area (Å²) in [7, 11) is 0. The zero-order valence-electron chi connectivity index (χ0n) is 16.5. The molecule has 0 fully saturated rings. The van der Waals surface area contributed by atoms with Crippen LogP contribution in [0.25, 0.3) is 0 Å². The number of rotatable bonds is 6. The molecule has 0 saturated carbocycles. The predicted molar refractivity (Wildman–Crippen MR) is 117 cm³/mol. The van der Waals surface area contributed by atoms with Crippen molar-refractivity contribution in [1.29, 1.82) is 0 Å². The van der Waals surface area contributed by atoms with Gasteiger partial charge < -0.3 is 20.7 Å². The number of carbonyl (C=O) groups excluding carboxylic acids is 2. The van der Waals surface area contributed by atoms with E-state index in [1.54, 1.807) is 0 Å². The lowest BCUT2D eigenvalue weighted by Crippen LogP contribution is -2.47. The highest BCUT2D eigenvalue weighted by molar-refractivity contribution is 7.09. The van der Waals surface area contributed by atoms with Crippen molar-refractivity contribution in [2.24, 2.45) is 5.73 Å². The van der Waals surface area contributed by atoms with Crippen LogP contribution in [0.15, 0.2) is 53.9 Å². The molecule has 30 heavy (non-hydrogen) atoms. The number of fused-ring (bicyclic) bond motifs is 1. The van der Waals surface area contributed by atoms with Gasteiger partial charge in [-0.15, -0.1) is 11.3 Å². The maximum atomic E-state index is 12.3. The summed E-state index contributed by atoms with van der Waals surface area (Å²) in [6, 6.07) is 15.2. The molecule has 0 saturated heterocycles. The van der Waals surface area contributed by atoms with Crippen molar-refractivity contribution in [3.05, 3.63) is 70.2 Å². The minimum atomic E-state index is -0.710. The Labute approximate surface area is 178 Å². The highest BCUT2D eigenvalue weighted by Gasteiger charge is 2.29. The molecule has 1 aliphatic heterocycles. The minimum absolute atomic E-state index is 0.106. The number of carbonyl (C=O) groups is 2. The lowest BCUT2D eigenvalue weighted by Gasteiger charge is -2.34. The standard InChI is InChI=1S/C22H22N4O3S/c1-14-6-8-15(9-7-14)24-20(27)10-21-25-16(13-30-21)11-26-12-19(22(23)28)29-18-5-3-2-4-17(18)26/h2-9,13,19H,10-12H2,1H3,(H2,23,28)(H,24,27)/t19-/m1/s1. The third-order valence-electron chi connectivity index (χ3n) is 4.78. The average Bonchev–Trinajstić information content (AvgIpc) is 3.16. The van der Waals surface area contributed by atoms with Crippen LogP contribution in [-0.2, 0) is 22.6 Å². The first-order chi connectivity index (χ1) is 14.5. The van der Waals surface area contributed by atoms with Crippen molar-refractivity contribution in [2.75, 3.05) is 16.8 Å². The third-order valence-corrected chi connectivity index (χ3v) is 5.68. The highest BCUT2D eigenvalue weighted by atomic mass is 32.1. The molecule has 1 aromatic heterocycles. The van der Waals surface area contributed by atoms with Gasteiger partial charge in [-0.1, -0.05) is 29.8 Å². The van der Waals surface area contributed by atoms with E-state index in [-0.39, 0.29) is 12.3 Å². The Kier molecular flexibility index (Phi) is 5.67. The lowest BCUT2D eigenvalue weighted by molar-refractivity contribution is -0.124. The number of nitrogens with two attached hydrogens (primary N) is 1. The molecule has 2 heterocycles. The molecule has 3 N–H and O–H groups in total. The molecule has 4 rings (SSSR count). The number of benzene rings is 2. The summed E-state index contributed by atoms with van der Waals surface area (Å²) in [5, 5.41) is 5.56. The fourth-order valence-electron chi connectivity index (χ4n) is 3.28. The predicted octanol–water partition coefficient (Wildman–Crippen LogP) is 2.89. The SMILES string of the molecule is Cc1ccc(NC(=O)Cc2nc(CN3C[C@H](C(N)=O)Oc4ccccc43)cs2)cc1. The number of hydrogen-bond donors (Lipinski definition) is 2. The summed E-state index contributed by atoms with van der Waals surface area (Å²) in [4.78, 5) is 30.6. The second kappa shape index (κ2) is 8.54. The van der Waals surface area contributed by atoms with E-state index in [9.17, 15) is 9.59 Å². The van der Waals surface area contributed by atoms with Gasteiger partial charge in [-0.2, -0.15) is 0 Å². The minimum Gasteiger partial charge on any atom is -0.477 e. The number of amides is 2. The van der Waals surface area contributed by atoms with Crippen LogP contribution in [0.1, 0.15) is 16.3 Å².